The van der Waals surface area contributed by atoms with E-state index in [1.807, 2.05) is 6.07 Å². The molecule has 0 aliphatic rings. The Bertz CT molecular complexity index is 997. The minimum atomic E-state index is -4.47. The lowest BCUT2D eigenvalue weighted by molar-refractivity contribution is -0.137. The van der Waals surface area contributed by atoms with Crippen molar-refractivity contribution in [1.29, 1.82) is 0 Å². The first-order valence-electron chi connectivity index (χ1n) is 7.70. The molecule has 0 saturated heterocycles. The highest BCUT2D eigenvalue weighted by atomic mass is 19.4. The molecule has 3 aromatic rings. The summed E-state index contributed by atoms with van der Waals surface area (Å²) in [5, 5.41) is 7.13. The Hall–Kier alpha value is -3.27. The first-order chi connectivity index (χ1) is 12.4. The number of aromatic nitrogens is 1. The molecule has 0 saturated carbocycles. The third-order valence-electron chi connectivity index (χ3n) is 3.61. The number of amides is 1. The van der Waals surface area contributed by atoms with E-state index >= 15 is 0 Å². The molecule has 0 bridgehead atoms. The van der Waals surface area contributed by atoms with Gasteiger partial charge in [-0.15, -0.1) is 0 Å². The van der Waals surface area contributed by atoms with Crippen LogP contribution in [-0.4, -0.2) is 17.6 Å². The Kier molecular flexibility index (Phi) is 4.94. The summed E-state index contributed by atoms with van der Waals surface area (Å²) in [6, 6.07) is 12.2. The van der Waals surface area contributed by atoms with Crippen molar-refractivity contribution < 1.29 is 22.5 Å². The summed E-state index contributed by atoms with van der Waals surface area (Å²) >= 11 is 0. The zero-order valence-corrected chi connectivity index (χ0v) is 13.4. The highest BCUT2D eigenvalue weighted by molar-refractivity contribution is 5.86. The number of hydrogen-bond donors (Lipinski definition) is 1. The Morgan fingerprint density at radius 2 is 1.85 bits per heavy atom. The van der Waals surface area contributed by atoms with Crippen LogP contribution in [0.5, 0.6) is 0 Å². The molecule has 1 heterocycles. The quantitative estimate of drug-likeness (QED) is 0.729. The van der Waals surface area contributed by atoms with Gasteiger partial charge in [-0.1, -0.05) is 41.3 Å². The van der Waals surface area contributed by atoms with Crippen LogP contribution in [0.15, 0.2) is 53.1 Å². The molecule has 0 unspecified atom stereocenters. The van der Waals surface area contributed by atoms with E-state index in [4.69, 9.17) is 4.52 Å². The fraction of sp³-hybridized carbons (Fsp3) is 0.158. The molecule has 0 aliphatic heterocycles. The van der Waals surface area contributed by atoms with Crippen molar-refractivity contribution in [3.8, 4) is 11.8 Å². The smallest absolute Gasteiger partial charge is 0.356 e. The van der Waals surface area contributed by atoms with E-state index in [2.05, 4.69) is 22.3 Å². The van der Waals surface area contributed by atoms with Gasteiger partial charge >= 0.3 is 6.18 Å². The number of alkyl halides is 3. The number of benzene rings is 2. The number of para-hydroxylation sites is 1. The number of carbonyl (C=O) groups is 1. The third-order valence-corrected chi connectivity index (χ3v) is 3.61. The summed E-state index contributed by atoms with van der Waals surface area (Å²) in [7, 11) is 0. The summed E-state index contributed by atoms with van der Waals surface area (Å²) in [5.41, 5.74) is 0.150. The molecule has 1 N–H and O–H groups in total. The standard InChI is InChI=1S/C19H13F3N2O2/c20-19(21,22)15-9-3-1-6-13(15)7-5-11-23-18(25)12-16-14-8-2-4-10-17(14)26-24-16/h1-4,6,8-10H,11-12H2,(H,23,25). The van der Waals surface area contributed by atoms with Crippen molar-refractivity contribution in [2.45, 2.75) is 12.6 Å². The molecule has 2 aromatic carbocycles. The van der Waals surface area contributed by atoms with Crippen molar-refractivity contribution in [2.75, 3.05) is 6.54 Å². The molecule has 132 valence electrons. The molecule has 1 amide bonds. The van der Waals surface area contributed by atoms with Crippen LogP contribution >= 0.6 is 0 Å². The van der Waals surface area contributed by atoms with Gasteiger partial charge in [0.2, 0.25) is 5.91 Å². The largest absolute Gasteiger partial charge is 0.417 e. The predicted octanol–water partition coefficient (Wildman–Crippen LogP) is 3.56. The number of fused-ring (bicyclic) bond motifs is 1. The number of halogens is 3. The Morgan fingerprint density at radius 1 is 1.12 bits per heavy atom. The summed E-state index contributed by atoms with van der Waals surface area (Å²) in [5.74, 6) is 4.64. The van der Waals surface area contributed by atoms with Gasteiger partial charge in [0, 0.05) is 10.9 Å². The molecule has 0 spiro atoms. The van der Waals surface area contributed by atoms with Crippen molar-refractivity contribution in [3.63, 3.8) is 0 Å². The lowest BCUT2D eigenvalue weighted by atomic mass is 10.1. The van der Waals surface area contributed by atoms with Gasteiger partial charge in [0.15, 0.2) is 5.58 Å². The zero-order valence-electron chi connectivity index (χ0n) is 13.4. The molecule has 0 radical (unpaired) electrons. The highest BCUT2D eigenvalue weighted by Gasteiger charge is 2.32. The topological polar surface area (TPSA) is 55.1 Å². The van der Waals surface area contributed by atoms with Crippen LogP contribution in [0.4, 0.5) is 13.2 Å². The Labute approximate surface area is 147 Å². The maximum atomic E-state index is 12.9. The number of nitrogens with zero attached hydrogens (tertiary/aromatic N) is 1. The van der Waals surface area contributed by atoms with Crippen molar-refractivity contribution in [3.05, 3.63) is 65.4 Å². The molecule has 3 rings (SSSR count). The van der Waals surface area contributed by atoms with Crippen LogP contribution in [-0.2, 0) is 17.4 Å². The second-order valence-electron chi connectivity index (χ2n) is 5.42. The van der Waals surface area contributed by atoms with Gasteiger partial charge in [0.25, 0.3) is 0 Å². The third kappa shape index (κ3) is 4.03. The minimum Gasteiger partial charge on any atom is -0.356 e. The van der Waals surface area contributed by atoms with Crippen molar-refractivity contribution >= 4 is 16.9 Å². The summed E-state index contributed by atoms with van der Waals surface area (Å²) in [4.78, 5) is 12.0. The fourth-order valence-electron chi connectivity index (χ4n) is 2.40. The number of nitrogens with one attached hydrogen (secondary N) is 1. The van der Waals surface area contributed by atoms with E-state index in [0.717, 1.165) is 11.5 Å². The molecule has 7 heteroatoms. The second-order valence-corrected chi connectivity index (χ2v) is 5.42. The van der Waals surface area contributed by atoms with Gasteiger partial charge in [-0.2, -0.15) is 13.2 Å². The van der Waals surface area contributed by atoms with Gasteiger partial charge in [-0.05, 0) is 24.3 Å². The van der Waals surface area contributed by atoms with Crippen LogP contribution in [0.2, 0.25) is 0 Å². The normalized spacial score (nSPS) is 11.0. The minimum absolute atomic E-state index is 0.00215. The van der Waals surface area contributed by atoms with E-state index in [1.54, 1.807) is 18.2 Å². The first kappa shape index (κ1) is 17.5. The Morgan fingerprint density at radius 3 is 2.65 bits per heavy atom. The van der Waals surface area contributed by atoms with Gasteiger partial charge < -0.3 is 9.84 Å². The van der Waals surface area contributed by atoms with Crippen LogP contribution in [0, 0.1) is 11.8 Å². The Balaban J connectivity index is 1.61. The van der Waals surface area contributed by atoms with E-state index in [1.165, 1.54) is 18.2 Å². The summed E-state index contributed by atoms with van der Waals surface area (Å²) in [6.45, 7) is -0.0686. The van der Waals surface area contributed by atoms with Crippen LogP contribution < -0.4 is 5.32 Å². The van der Waals surface area contributed by atoms with Gasteiger partial charge in [-0.25, -0.2) is 0 Å². The van der Waals surface area contributed by atoms with Crippen LogP contribution in [0.3, 0.4) is 0 Å². The summed E-state index contributed by atoms with van der Waals surface area (Å²) < 4.78 is 43.7. The zero-order chi connectivity index (χ0) is 18.6. The van der Waals surface area contributed by atoms with Crippen molar-refractivity contribution in [1.82, 2.24) is 10.5 Å². The monoisotopic (exact) mass is 358 g/mol. The maximum absolute atomic E-state index is 12.9. The molecule has 4 nitrogen and oxygen atoms in total. The molecule has 26 heavy (non-hydrogen) atoms. The number of hydrogen-bond acceptors (Lipinski definition) is 3. The van der Waals surface area contributed by atoms with E-state index in [0.29, 0.717) is 11.3 Å². The second kappa shape index (κ2) is 7.31. The average molecular weight is 358 g/mol. The van der Waals surface area contributed by atoms with Gasteiger partial charge in [0.1, 0.15) is 5.69 Å². The number of rotatable bonds is 3. The van der Waals surface area contributed by atoms with E-state index < -0.39 is 11.7 Å². The van der Waals surface area contributed by atoms with Crippen LogP contribution in [0.25, 0.3) is 11.0 Å². The SMILES string of the molecule is O=C(Cc1noc2ccccc12)NCC#Cc1ccccc1C(F)(F)F. The van der Waals surface area contributed by atoms with Gasteiger partial charge in [0.05, 0.1) is 18.5 Å². The fourth-order valence-corrected chi connectivity index (χ4v) is 2.40. The molecular weight excluding hydrogens is 345 g/mol. The highest BCUT2D eigenvalue weighted by Crippen LogP contribution is 2.31. The average Bonchev–Trinajstić information content (AvgIpc) is 3.01. The lowest BCUT2D eigenvalue weighted by Crippen LogP contribution is -2.25. The van der Waals surface area contributed by atoms with Crippen LogP contribution in [0.1, 0.15) is 16.8 Å². The van der Waals surface area contributed by atoms with Crippen molar-refractivity contribution in [2.24, 2.45) is 0 Å². The molecular formula is C19H13F3N2O2. The predicted molar refractivity (Wildman–Crippen MR) is 89.0 cm³/mol. The molecule has 0 aliphatic carbocycles. The van der Waals surface area contributed by atoms with E-state index in [9.17, 15) is 18.0 Å². The lowest BCUT2D eigenvalue weighted by Gasteiger charge is -2.08. The number of carbonyl (C=O) groups excluding carboxylic acids is 1. The van der Waals surface area contributed by atoms with E-state index in [-0.39, 0.29) is 24.4 Å². The van der Waals surface area contributed by atoms with Gasteiger partial charge in [-0.3, -0.25) is 4.79 Å². The first-order valence-corrected chi connectivity index (χ1v) is 7.70. The molecule has 0 fully saturated rings. The molecule has 0 atom stereocenters. The summed E-state index contributed by atoms with van der Waals surface area (Å²) in [6.07, 6.45) is -4.47. The molecule has 1 aromatic heterocycles. The maximum Gasteiger partial charge on any atom is 0.417 e.